The zero-order valence-electron chi connectivity index (χ0n) is 13.9. The lowest BCUT2D eigenvalue weighted by Gasteiger charge is -2.13. The average Bonchev–Trinajstić information content (AvgIpc) is 2.49. The molecule has 3 N–H and O–H groups in total. The second-order valence-electron chi connectivity index (χ2n) is 5.38. The summed E-state index contributed by atoms with van der Waals surface area (Å²) in [5, 5.41) is 2.84. The average molecular weight is 372 g/mol. The molecule has 5 nitrogen and oxygen atoms in total. The Hall–Kier alpha value is -1.82. The Kier molecular flexibility index (Phi) is 9.36. The first-order valence-electron chi connectivity index (χ1n) is 7.21. The molecule has 1 atom stereocenters. The lowest BCUT2D eigenvalue weighted by Crippen LogP contribution is -2.26. The summed E-state index contributed by atoms with van der Waals surface area (Å²) < 4.78 is 5.81. The van der Waals surface area contributed by atoms with Gasteiger partial charge in [0.05, 0.1) is 0 Å². The Morgan fingerprint density at radius 1 is 1.25 bits per heavy atom. The molecule has 0 radical (unpaired) electrons. The van der Waals surface area contributed by atoms with Gasteiger partial charge >= 0.3 is 0 Å². The van der Waals surface area contributed by atoms with Crippen molar-refractivity contribution in [2.45, 2.75) is 20.8 Å². The molecule has 132 valence electrons. The van der Waals surface area contributed by atoms with Crippen molar-refractivity contribution in [3.05, 3.63) is 47.7 Å². The van der Waals surface area contributed by atoms with Gasteiger partial charge in [-0.25, -0.2) is 4.98 Å². The standard InChI is InChI=1S/C17H21N3O2.2ClH/c1-11-6-7-19-16(8-11)22-15-9-14(5-4-12(15)2)20-17(21)13(3)10-18;;/h4-9,13H,10,18H2,1-3H3,(H,20,21);2*1H. The minimum atomic E-state index is -0.232. The normalized spacial score (nSPS) is 10.8. The number of carbonyl (C=O) groups excluding carboxylic acids is 1. The molecule has 1 unspecified atom stereocenters. The SMILES string of the molecule is Cc1ccnc(Oc2cc(NC(=O)C(C)CN)ccc2C)c1.Cl.Cl. The largest absolute Gasteiger partial charge is 0.439 e. The van der Waals surface area contributed by atoms with E-state index in [9.17, 15) is 4.79 Å². The molecule has 0 aliphatic heterocycles. The molecule has 0 bridgehead atoms. The van der Waals surface area contributed by atoms with Crippen molar-refractivity contribution in [2.24, 2.45) is 11.7 Å². The molecule has 0 saturated heterocycles. The number of ether oxygens (including phenoxy) is 1. The zero-order chi connectivity index (χ0) is 16.1. The van der Waals surface area contributed by atoms with Crippen molar-refractivity contribution in [2.75, 3.05) is 11.9 Å². The maximum atomic E-state index is 11.9. The third-order valence-corrected chi connectivity index (χ3v) is 3.36. The van der Waals surface area contributed by atoms with E-state index in [1.165, 1.54) is 0 Å². The van der Waals surface area contributed by atoms with Gasteiger partial charge in [0, 0.05) is 36.5 Å². The smallest absolute Gasteiger partial charge is 0.228 e. The predicted molar refractivity (Wildman–Crippen MR) is 102 cm³/mol. The molecule has 1 amide bonds. The Balaban J connectivity index is 0.00000264. The van der Waals surface area contributed by atoms with E-state index >= 15 is 0 Å². The first-order chi connectivity index (χ1) is 10.5. The lowest BCUT2D eigenvalue weighted by molar-refractivity contribution is -0.119. The molecule has 0 aliphatic carbocycles. The number of hydrogen-bond acceptors (Lipinski definition) is 4. The quantitative estimate of drug-likeness (QED) is 0.835. The number of carbonyl (C=O) groups is 1. The van der Waals surface area contributed by atoms with Gasteiger partial charge in [-0.2, -0.15) is 0 Å². The number of anilines is 1. The molecule has 0 saturated carbocycles. The Labute approximate surface area is 154 Å². The van der Waals surface area contributed by atoms with Crippen LogP contribution in [0.25, 0.3) is 0 Å². The van der Waals surface area contributed by atoms with E-state index in [-0.39, 0.29) is 36.6 Å². The molecule has 0 fully saturated rings. The van der Waals surface area contributed by atoms with Crippen LogP contribution in [0, 0.1) is 19.8 Å². The number of nitrogens with two attached hydrogens (primary N) is 1. The zero-order valence-corrected chi connectivity index (χ0v) is 15.5. The van der Waals surface area contributed by atoms with Gasteiger partial charge < -0.3 is 15.8 Å². The molecule has 1 heterocycles. The number of pyridine rings is 1. The summed E-state index contributed by atoms with van der Waals surface area (Å²) in [7, 11) is 0. The van der Waals surface area contributed by atoms with E-state index in [0.29, 0.717) is 23.9 Å². The monoisotopic (exact) mass is 371 g/mol. The number of benzene rings is 1. The van der Waals surface area contributed by atoms with Gasteiger partial charge in [0.25, 0.3) is 0 Å². The highest BCUT2D eigenvalue weighted by Crippen LogP contribution is 2.27. The minimum Gasteiger partial charge on any atom is -0.439 e. The van der Waals surface area contributed by atoms with Crippen molar-refractivity contribution in [1.29, 1.82) is 0 Å². The number of hydrogen-bond donors (Lipinski definition) is 2. The fourth-order valence-electron chi connectivity index (χ4n) is 1.84. The van der Waals surface area contributed by atoms with E-state index in [4.69, 9.17) is 10.5 Å². The number of aryl methyl sites for hydroxylation is 2. The van der Waals surface area contributed by atoms with Crippen molar-refractivity contribution < 1.29 is 9.53 Å². The van der Waals surface area contributed by atoms with Crippen LogP contribution in [0.4, 0.5) is 5.69 Å². The molecule has 2 aromatic rings. The highest BCUT2D eigenvalue weighted by Gasteiger charge is 2.12. The Bertz CT molecular complexity index is 681. The number of nitrogens with zero attached hydrogens (tertiary/aromatic N) is 1. The van der Waals surface area contributed by atoms with E-state index < -0.39 is 0 Å². The number of halogens is 2. The molecule has 7 heteroatoms. The van der Waals surface area contributed by atoms with Crippen LogP contribution in [0.15, 0.2) is 36.5 Å². The highest BCUT2D eigenvalue weighted by atomic mass is 35.5. The fraction of sp³-hybridized carbons (Fsp3) is 0.294. The van der Waals surface area contributed by atoms with E-state index in [1.807, 2.05) is 38.1 Å². The van der Waals surface area contributed by atoms with E-state index in [0.717, 1.165) is 11.1 Å². The van der Waals surface area contributed by atoms with Gasteiger partial charge in [-0.1, -0.05) is 13.0 Å². The van der Waals surface area contributed by atoms with Crippen LogP contribution >= 0.6 is 24.8 Å². The first-order valence-corrected chi connectivity index (χ1v) is 7.21. The molecule has 1 aromatic carbocycles. The van der Waals surface area contributed by atoms with E-state index in [1.54, 1.807) is 19.2 Å². The molecule has 2 rings (SSSR count). The molecule has 24 heavy (non-hydrogen) atoms. The van der Waals surface area contributed by atoms with Crippen LogP contribution in [0.2, 0.25) is 0 Å². The summed E-state index contributed by atoms with van der Waals surface area (Å²) >= 11 is 0. The van der Waals surface area contributed by atoms with Crippen LogP contribution in [0.3, 0.4) is 0 Å². The first kappa shape index (κ1) is 22.2. The highest BCUT2D eigenvalue weighted by molar-refractivity contribution is 5.92. The molecule has 0 aliphatic rings. The van der Waals surface area contributed by atoms with Crippen molar-refractivity contribution >= 4 is 36.4 Å². The summed E-state index contributed by atoms with van der Waals surface area (Å²) in [6.07, 6.45) is 1.70. The number of rotatable bonds is 5. The van der Waals surface area contributed by atoms with Gasteiger partial charge in [0.15, 0.2) is 0 Å². The van der Waals surface area contributed by atoms with Gasteiger partial charge in [0.2, 0.25) is 11.8 Å². The second-order valence-corrected chi connectivity index (χ2v) is 5.38. The summed E-state index contributed by atoms with van der Waals surface area (Å²) in [5.41, 5.74) is 8.22. The van der Waals surface area contributed by atoms with Crippen molar-refractivity contribution in [3.8, 4) is 11.6 Å². The number of amides is 1. The van der Waals surface area contributed by atoms with E-state index in [2.05, 4.69) is 10.3 Å². The summed E-state index contributed by atoms with van der Waals surface area (Å²) in [6.45, 7) is 6.03. The van der Waals surface area contributed by atoms with Crippen molar-refractivity contribution in [1.82, 2.24) is 4.98 Å². The molecule has 1 aromatic heterocycles. The van der Waals surface area contributed by atoms with Crippen molar-refractivity contribution in [3.63, 3.8) is 0 Å². The summed E-state index contributed by atoms with van der Waals surface area (Å²) in [4.78, 5) is 16.1. The van der Waals surface area contributed by atoms with Crippen LogP contribution < -0.4 is 15.8 Å². The fourth-order valence-corrected chi connectivity index (χ4v) is 1.84. The third kappa shape index (κ3) is 6.00. The number of aromatic nitrogens is 1. The molecular formula is C17H23Cl2N3O2. The Morgan fingerprint density at radius 2 is 1.96 bits per heavy atom. The lowest BCUT2D eigenvalue weighted by atomic mass is 10.1. The third-order valence-electron chi connectivity index (χ3n) is 3.36. The second kappa shape index (κ2) is 10.1. The maximum Gasteiger partial charge on any atom is 0.228 e. The predicted octanol–water partition coefficient (Wildman–Crippen LogP) is 3.87. The maximum absolute atomic E-state index is 11.9. The Morgan fingerprint density at radius 3 is 2.58 bits per heavy atom. The van der Waals surface area contributed by atoms with Crippen LogP contribution in [0.5, 0.6) is 11.6 Å². The molecule has 0 spiro atoms. The van der Waals surface area contributed by atoms with Crippen LogP contribution in [-0.2, 0) is 4.79 Å². The topological polar surface area (TPSA) is 77.2 Å². The van der Waals surface area contributed by atoms with Gasteiger partial charge in [-0.3, -0.25) is 4.79 Å². The van der Waals surface area contributed by atoms with Gasteiger partial charge in [0.1, 0.15) is 5.75 Å². The van der Waals surface area contributed by atoms with Gasteiger partial charge in [-0.05, 0) is 37.1 Å². The summed E-state index contributed by atoms with van der Waals surface area (Å²) in [6, 6.07) is 9.30. The summed E-state index contributed by atoms with van der Waals surface area (Å²) in [5.74, 6) is 0.855. The van der Waals surface area contributed by atoms with Crippen LogP contribution in [0.1, 0.15) is 18.1 Å². The van der Waals surface area contributed by atoms with Crippen LogP contribution in [-0.4, -0.2) is 17.4 Å². The molecular weight excluding hydrogens is 349 g/mol. The van der Waals surface area contributed by atoms with Gasteiger partial charge in [-0.15, -0.1) is 24.8 Å². The number of nitrogens with one attached hydrogen (secondary N) is 1. The minimum absolute atomic E-state index is 0.